The van der Waals surface area contributed by atoms with Crippen molar-refractivity contribution in [1.82, 2.24) is 5.32 Å². The Morgan fingerprint density at radius 2 is 2.18 bits per heavy atom. The third kappa shape index (κ3) is 4.37. The van der Waals surface area contributed by atoms with Crippen LogP contribution in [0.25, 0.3) is 0 Å². The van der Waals surface area contributed by atoms with Gasteiger partial charge < -0.3 is 15.2 Å². The summed E-state index contributed by atoms with van der Waals surface area (Å²) in [4.78, 5) is 12.3. The van der Waals surface area contributed by atoms with E-state index in [-0.39, 0.29) is 30.6 Å². The molecule has 0 heterocycles. The minimum absolute atomic E-state index is 0.0467. The maximum Gasteiger partial charge on any atom is 0.253 e. The van der Waals surface area contributed by atoms with Gasteiger partial charge in [0.25, 0.3) is 5.91 Å². The highest BCUT2D eigenvalue weighted by molar-refractivity contribution is 6.34. The van der Waals surface area contributed by atoms with Crippen molar-refractivity contribution in [2.45, 2.75) is 51.7 Å². The molecule has 4 nitrogen and oxygen atoms in total. The van der Waals surface area contributed by atoms with Crippen LogP contribution in [0.4, 0.5) is 0 Å². The van der Waals surface area contributed by atoms with Gasteiger partial charge >= 0.3 is 0 Å². The lowest BCUT2D eigenvalue weighted by Gasteiger charge is -2.26. The van der Waals surface area contributed by atoms with Gasteiger partial charge in [-0.3, -0.25) is 4.79 Å². The zero-order chi connectivity index (χ0) is 16.1. The highest BCUT2D eigenvalue weighted by Crippen LogP contribution is 2.28. The van der Waals surface area contributed by atoms with E-state index in [1.165, 1.54) is 6.42 Å². The lowest BCUT2D eigenvalue weighted by Crippen LogP contribution is -2.39. The summed E-state index contributed by atoms with van der Waals surface area (Å²) in [5, 5.41) is 12.4. The maximum absolute atomic E-state index is 12.3. The second-order valence-corrected chi connectivity index (χ2v) is 6.56. The zero-order valence-corrected chi connectivity index (χ0v) is 13.9. The summed E-state index contributed by atoms with van der Waals surface area (Å²) in [5.74, 6) is 0.741. The Kier molecular flexibility index (Phi) is 6.09. The van der Waals surface area contributed by atoms with E-state index in [1.807, 2.05) is 13.8 Å². The van der Waals surface area contributed by atoms with Crippen LogP contribution < -0.4 is 10.1 Å². The van der Waals surface area contributed by atoms with Gasteiger partial charge in [-0.05, 0) is 49.8 Å². The quantitative estimate of drug-likeness (QED) is 0.807. The van der Waals surface area contributed by atoms with Gasteiger partial charge in [-0.25, -0.2) is 0 Å². The van der Waals surface area contributed by atoms with Crippen molar-refractivity contribution in [3.63, 3.8) is 0 Å². The summed E-state index contributed by atoms with van der Waals surface area (Å²) >= 11 is 6.22. The Morgan fingerprint density at radius 3 is 2.68 bits per heavy atom. The van der Waals surface area contributed by atoms with E-state index in [4.69, 9.17) is 21.4 Å². The summed E-state index contributed by atoms with van der Waals surface area (Å²) in [6.07, 6.45) is 4.18. The number of amides is 1. The number of rotatable bonds is 7. The molecule has 1 amide bonds. The van der Waals surface area contributed by atoms with Gasteiger partial charge in [0.1, 0.15) is 5.75 Å². The number of halogens is 1. The molecular weight excluding hydrogens is 302 g/mol. The SMILES string of the molecule is CC(C)C(CCO)NC(=O)c1ccc(OC2CCC2)cc1Cl. The molecule has 122 valence electrons. The molecule has 0 bridgehead atoms. The number of hydrogen-bond acceptors (Lipinski definition) is 3. The number of carbonyl (C=O) groups excluding carboxylic acids is 1. The van der Waals surface area contributed by atoms with Crippen LogP contribution in [0.1, 0.15) is 49.9 Å². The predicted molar refractivity (Wildman–Crippen MR) is 87.5 cm³/mol. The van der Waals surface area contributed by atoms with Gasteiger partial charge in [0, 0.05) is 12.6 Å². The first-order valence-electron chi connectivity index (χ1n) is 7.89. The van der Waals surface area contributed by atoms with Crippen molar-refractivity contribution in [2.75, 3.05) is 6.61 Å². The molecule has 1 aromatic rings. The van der Waals surface area contributed by atoms with Crippen LogP contribution in [0.5, 0.6) is 5.75 Å². The van der Waals surface area contributed by atoms with E-state index in [0.29, 0.717) is 22.8 Å². The molecule has 0 saturated heterocycles. The largest absolute Gasteiger partial charge is 0.490 e. The molecular formula is C17H24ClNO3. The lowest BCUT2D eigenvalue weighted by molar-refractivity contribution is 0.0916. The topological polar surface area (TPSA) is 58.6 Å². The highest BCUT2D eigenvalue weighted by atomic mass is 35.5. The molecule has 0 radical (unpaired) electrons. The van der Waals surface area contributed by atoms with Crippen LogP contribution in [0, 0.1) is 5.92 Å². The lowest BCUT2D eigenvalue weighted by atomic mass is 9.96. The van der Waals surface area contributed by atoms with Crippen molar-refractivity contribution in [3.05, 3.63) is 28.8 Å². The van der Waals surface area contributed by atoms with E-state index < -0.39 is 0 Å². The van der Waals surface area contributed by atoms with E-state index in [0.717, 1.165) is 12.8 Å². The predicted octanol–water partition coefficient (Wildman–Crippen LogP) is 3.41. The monoisotopic (exact) mass is 325 g/mol. The van der Waals surface area contributed by atoms with Crippen LogP contribution in [0.2, 0.25) is 5.02 Å². The van der Waals surface area contributed by atoms with Crippen molar-refractivity contribution in [1.29, 1.82) is 0 Å². The molecule has 1 fully saturated rings. The standard InChI is InChI=1S/C17H24ClNO3/c1-11(2)16(8-9-20)19-17(21)14-7-6-13(10-15(14)18)22-12-4-3-5-12/h6-7,10-12,16,20H,3-5,8-9H2,1-2H3,(H,19,21). The minimum Gasteiger partial charge on any atom is -0.490 e. The number of aliphatic hydroxyl groups excluding tert-OH is 1. The summed E-state index contributed by atoms with van der Waals surface area (Å²) in [7, 11) is 0. The first kappa shape index (κ1) is 17.1. The van der Waals surface area contributed by atoms with Crippen LogP contribution in [0.15, 0.2) is 18.2 Å². The van der Waals surface area contributed by atoms with Gasteiger partial charge in [-0.1, -0.05) is 25.4 Å². The fourth-order valence-corrected chi connectivity index (χ4v) is 2.65. The summed E-state index contributed by atoms with van der Waals surface area (Å²) < 4.78 is 5.77. The fourth-order valence-electron chi connectivity index (χ4n) is 2.39. The third-order valence-corrected chi connectivity index (χ3v) is 4.41. The molecule has 1 unspecified atom stereocenters. The first-order valence-corrected chi connectivity index (χ1v) is 8.27. The summed E-state index contributed by atoms with van der Waals surface area (Å²) in [6.45, 7) is 4.07. The summed E-state index contributed by atoms with van der Waals surface area (Å²) in [6, 6.07) is 5.11. The second-order valence-electron chi connectivity index (χ2n) is 6.15. The smallest absolute Gasteiger partial charge is 0.253 e. The zero-order valence-electron chi connectivity index (χ0n) is 13.1. The number of ether oxygens (including phenoxy) is 1. The maximum atomic E-state index is 12.3. The average Bonchev–Trinajstić information content (AvgIpc) is 2.42. The molecule has 1 saturated carbocycles. The summed E-state index contributed by atoms with van der Waals surface area (Å²) in [5.41, 5.74) is 0.436. The van der Waals surface area contributed by atoms with Gasteiger partial charge in [-0.2, -0.15) is 0 Å². The molecule has 5 heteroatoms. The molecule has 1 aromatic carbocycles. The molecule has 0 spiro atoms. The van der Waals surface area contributed by atoms with Crippen LogP contribution in [-0.4, -0.2) is 29.8 Å². The number of benzene rings is 1. The van der Waals surface area contributed by atoms with E-state index in [1.54, 1.807) is 18.2 Å². The molecule has 0 aromatic heterocycles. The van der Waals surface area contributed by atoms with Crippen molar-refractivity contribution < 1.29 is 14.6 Å². The van der Waals surface area contributed by atoms with Gasteiger partial charge in [-0.15, -0.1) is 0 Å². The van der Waals surface area contributed by atoms with Crippen LogP contribution in [0.3, 0.4) is 0 Å². The molecule has 1 aliphatic carbocycles. The Bertz CT molecular complexity index is 515. The van der Waals surface area contributed by atoms with Gasteiger partial charge in [0.2, 0.25) is 0 Å². The molecule has 22 heavy (non-hydrogen) atoms. The second kappa shape index (κ2) is 7.84. The Hall–Kier alpha value is -1.26. The van der Waals surface area contributed by atoms with Gasteiger partial charge in [0.05, 0.1) is 16.7 Å². The Balaban J connectivity index is 2.02. The molecule has 1 atom stereocenters. The average molecular weight is 326 g/mol. The van der Waals surface area contributed by atoms with Gasteiger partial charge in [0.15, 0.2) is 0 Å². The van der Waals surface area contributed by atoms with Crippen LogP contribution >= 0.6 is 11.6 Å². The molecule has 0 aliphatic heterocycles. The van der Waals surface area contributed by atoms with E-state index in [9.17, 15) is 4.79 Å². The number of carbonyl (C=O) groups is 1. The van der Waals surface area contributed by atoms with Crippen LogP contribution in [-0.2, 0) is 0 Å². The van der Waals surface area contributed by atoms with Crippen molar-refractivity contribution in [3.8, 4) is 5.75 Å². The number of nitrogens with one attached hydrogen (secondary N) is 1. The normalized spacial score (nSPS) is 16.2. The highest BCUT2D eigenvalue weighted by Gasteiger charge is 2.21. The molecule has 2 rings (SSSR count). The third-order valence-electron chi connectivity index (χ3n) is 4.10. The fraction of sp³-hybridized carbons (Fsp3) is 0.588. The van der Waals surface area contributed by atoms with E-state index >= 15 is 0 Å². The molecule has 2 N–H and O–H groups in total. The minimum atomic E-state index is -0.215. The number of hydrogen-bond donors (Lipinski definition) is 2. The number of aliphatic hydroxyl groups is 1. The Morgan fingerprint density at radius 1 is 1.45 bits per heavy atom. The first-order chi connectivity index (χ1) is 10.5. The van der Waals surface area contributed by atoms with E-state index in [2.05, 4.69) is 5.32 Å². The Labute approximate surface area is 136 Å². The van der Waals surface area contributed by atoms with Crippen molar-refractivity contribution >= 4 is 17.5 Å². The van der Waals surface area contributed by atoms with Crippen molar-refractivity contribution in [2.24, 2.45) is 5.92 Å². The molecule has 1 aliphatic rings.